The van der Waals surface area contributed by atoms with Crippen molar-refractivity contribution in [3.63, 3.8) is 0 Å². The summed E-state index contributed by atoms with van der Waals surface area (Å²) in [6.07, 6.45) is 1.92. The van der Waals surface area contributed by atoms with Crippen LogP contribution in [0.5, 0.6) is 5.75 Å². The van der Waals surface area contributed by atoms with E-state index in [2.05, 4.69) is 53.3 Å². The van der Waals surface area contributed by atoms with Gasteiger partial charge < -0.3 is 14.8 Å². The van der Waals surface area contributed by atoms with Gasteiger partial charge in [-0.25, -0.2) is 0 Å². The molecule has 0 aliphatic carbocycles. The number of ether oxygens (including phenoxy) is 2. The van der Waals surface area contributed by atoms with Crippen LogP contribution in [-0.4, -0.2) is 12.3 Å². The van der Waals surface area contributed by atoms with Gasteiger partial charge in [-0.15, -0.1) is 0 Å². The second-order valence-electron chi connectivity index (χ2n) is 5.32. The molecule has 24 heavy (non-hydrogen) atoms. The minimum Gasteiger partial charge on any atom is -0.488 e. The predicted molar refractivity (Wildman–Crippen MR) is 107 cm³/mol. The van der Waals surface area contributed by atoms with Crippen LogP contribution in [0.3, 0.4) is 0 Å². The molecule has 2 aromatic carbocycles. The Bertz CT molecular complexity index is 719. The first-order valence-corrected chi connectivity index (χ1v) is 9.16. The van der Waals surface area contributed by atoms with Crippen LogP contribution in [0.2, 0.25) is 0 Å². The summed E-state index contributed by atoms with van der Waals surface area (Å²) in [5, 5.41) is 3.47. The summed E-state index contributed by atoms with van der Waals surface area (Å²) in [5.41, 5.74) is 4.50. The Morgan fingerprint density at radius 3 is 2.58 bits per heavy atom. The summed E-state index contributed by atoms with van der Waals surface area (Å²) >= 11 is 8.71. The molecule has 0 atom stereocenters. The van der Waals surface area contributed by atoms with Gasteiger partial charge in [0.25, 0.3) is 5.17 Å². The first-order valence-electron chi connectivity index (χ1n) is 7.96. The zero-order valence-electron chi connectivity index (χ0n) is 14.2. The summed E-state index contributed by atoms with van der Waals surface area (Å²) in [5.74, 6) is 0.832. The van der Waals surface area contributed by atoms with Gasteiger partial charge in [0.15, 0.2) is 0 Å². The van der Waals surface area contributed by atoms with Crippen LogP contribution < -0.4 is 10.1 Å². The molecule has 0 radical (unpaired) electrons. The van der Waals surface area contributed by atoms with Crippen molar-refractivity contribution in [3.8, 4) is 5.75 Å². The van der Waals surface area contributed by atoms with Gasteiger partial charge >= 0.3 is 0 Å². The maximum atomic E-state index is 6.05. The number of nitrogens with one attached hydrogen (secondary N) is 1. The van der Waals surface area contributed by atoms with Crippen LogP contribution in [0.4, 0.5) is 5.69 Å². The lowest BCUT2D eigenvalue weighted by Crippen LogP contribution is -2.14. The molecule has 0 saturated heterocycles. The fourth-order valence-electron chi connectivity index (χ4n) is 2.45. The molecule has 0 aromatic heterocycles. The lowest BCUT2D eigenvalue weighted by Gasteiger charge is -2.17. The number of rotatable bonds is 6. The van der Waals surface area contributed by atoms with E-state index in [-0.39, 0.29) is 0 Å². The van der Waals surface area contributed by atoms with E-state index in [0.717, 1.165) is 34.3 Å². The van der Waals surface area contributed by atoms with Gasteiger partial charge in [0, 0.05) is 11.3 Å². The van der Waals surface area contributed by atoms with Crippen LogP contribution in [0, 0.1) is 0 Å². The molecule has 2 aromatic rings. The lowest BCUT2D eigenvalue weighted by atomic mass is 10.0. The molecular formula is C19H22BrNO2S. The fraction of sp³-hybridized carbons (Fsp3) is 0.316. The minimum absolute atomic E-state index is 0.345. The summed E-state index contributed by atoms with van der Waals surface area (Å²) in [7, 11) is 1.56. The summed E-state index contributed by atoms with van der Waals surface area (Å²) in [6, 6.07) is 12.3. The van der Waals surface area contributed by atoms with Crippen molar-refractivity contribution in [2.75, 3.05) is 12.4 Å². The van der Waals surface area contributed by atoms with Crippen molar-refractivity contribution >= 4 is 39.0 Å². The Hall–Kier alpha value is -1.59. The highest BCUT2D eigenvalue weighted by molar-refractivity contribution is 9.10. The number of anilines is 1. The smallest absolute Gasteiger partial charge is 0.260 e. The number of methoxy groups -OCH3 is 1. The van der Waals surface area contributed by atoms with Gasteiger partial charge in [-0.1, -0.05) is 32.0 Å². The lowest BCUT2D eigenvalue weighted by molar-refractivity contribution is 0.303. The Morgan fingerprint density at radius 1 is 1.17 bits per heavy atom. The second-order valence-corrected chi connectivity index (χ2v) is 6.55. The Morgan fingerprint density at radius 2 is 1.96 bits per heavy atom. The highest BCUT2D eigenvalue weighted by Crippen LogP contribution is 2.29. The Kier molecular flexibility index (Phi) is 7.06. The zero-order valence-corrected chi connectivity index (χ0v) is 16.6. The third kappa shape index (κ3) is 4.71. The molecule has 1 N–H and O–H groups in total. The van der Waals surface area contributed by atoms with Crippen LogP contribution >= 0.6 is 28.1 Å². The summed E-state index contributed by atoms with van der Waals surface area (Å²) in [4.78, 5) is 0. The van der Waals surface area contributed by atoms with Gasteiger partial charge in [0.2, 0.25) is 0 Å². The summed E-state index contributed by atoms with van der Waals surface area (Å²) in [6.45, 7) is 4.72. The van der Waals surface area contributed by atoms with Crippen molar-refractivity contribution < 1.29 is 9.47 Å². The Balaban J connectivity index is 2.23. The van der Waals surface area contributed by atoms with E-state index in [0.29, 0.717) is 11.8 Å². The largest absolute Gasteiger partial charge is 0.488 e. The number of thiocarbonyl (C=S) groups is 1. The van der Waals surface area contributed by atoms with E-state index in [1.807, 2.05) is 18.2 Å². The van der Waals surface area contributed by atoms with Gasteiger partial charge in [-0.2, -0.15) is 0 Å². The molecule has 0 heterocycles. The van der Waals surface area contributed by atoms with Crippen LogP contribution in [0.15, 0.2) is 40.9 Å². The molecule has 0 unspecified atom stereocenters. The molecule has 5 heteroatoms. The molecule has 2 rings (SSSR count). The number of halogens is 1. The van der Waals surface area contributed by atoms with Crippen molar-refractivity contribution in [1.29, 1.82) is 0 Å². The molecule has 128 valence electrons. The molecule has 0 amide bonds. The second kappa shape index (κ2) is 9.04. The first kappa shape index (κ1) is 18.7. The van der Waals surface area contributed by atoms with E-state index in [1.54, 1.807) is 7.11 Å². The van der Waals surface area contributed by atoms with Crippen molar-refractivity contribution in [2.45, 2.75) is 33.3 Å². The van der Waals surface area contributed by atoms with Crippen LogP contribution in [-0.2, 0) is 24.2 Å². The SMILES string of the molecule is CCc1ccc(OCc2c(CC)cccc2NC(=S)OC)c(Br)c1. The minimum atomic E-state index is 0.345. The molecule has 0 aliphatic heterocycles. The molecule has 0 fully saturated rings. The fourth-order valence-corrected chi connectivity index (χ4v) is 3.10. The van der Waals surface area contributed by atoms with Crippen LogP contribution in [0.1, 0.15) is 30.5 Å². The topological polar surface area (TPSA) is 30.5 Å². The monoisotopic (exact) mass is 407 g/mol. The van der Waals surface area contributed by atoms with Gasteiger partial charge in [-0.05, 0) is 70.3 Å². The normalized spacial score (nSPS) is 10.3. The first-order chi connectivity index (χ1) is 11.6. The van der Waals surface area contributed by atoms with E-state index < -0.39 is 0 Å². The number of benzene rings is 2. The van der Waals surface area contributed by atoms with Crippen molar-refractivity contribution in [3.05, 3.63) is 57.6 Å². The molecular weight excluding hydrogens is 386 g/mol. The number of hydrogen-bond acceptors (Lipinski definition) is 3. The average Bonchev–Trinajstić information content (AvgIpc) is 2.60. The third-order valence-electron chi connectivity index (χ3n) is 3.85. The highest BCUT2D eigenvalue weighted by Gasteiger charge is 2.11. The van der Waals surface area contributed by atoms with Gasteiger partial charge in [0.05, 0.1) is 11.6 Å². The third-order valence-corrected chi connectivity index (χ3v) is 4.74. The van der Waals surface area contributed by atoms with Crippen molar-refractivity contribution in [2.24, 2.45) is 0 Å². The van der Waals surface area contributed by atoms with Gasteiger partial charge in [0.1, 0.15) is 12.4 Å². The van der Waals surface area contributed by atoms with Crippen molar-refractivity contribution in [1.82, 2.24) is 0 Å². The Labute approximate surface area is 157 Å². The maximum Gasteiger partial charge on any atom is 0.260 e. The molecule has 0 aliphatic rings. The van der Waals surface area contributed by atoms with E-state index in [1.165, 1.54) is 11.1 Å². The quantitative estimate of drug-likeness (QED) is 0.640. The van der Waals surface area contributed by atoms with Crippen LogP contribution in [0.25, 0.3) is 0 Å². The average molecular weight is 408 g/mol. The van der Waals surface area contributed by atoms with E-state index in [9.17, 15) is 0 Å². The molecule has 0 bridgehead atoms. The zero-order chi connectivity index (χ0) is 17.5. The highest BCUT2D eigenvalue weighted by atomic mass is 79.9. The molecule has 0 saturated carbocycles. The number of aryl methyl sites for hydroxylation is 2. The summed E-state index contributed by atoms with van der Waals surface area (Å²) < 4.78 is 12.1. The standard InChI is InChI=1S/C19H22BrNO2S/c1-4-13-9-10-18(16(20)11-13)23-12-15-14(5-2)7-6-8-17(15)21-19(24)22-3/h6-11H,4-5,12H2,1-3H3,(H,21,24). The van der Waals surface area contributed by atoms with E-state index in [4.69, 9.17) is 21.7 Å². The maximum absolute atomic E-state index is 6.05. The molecule has 0 spiro atoms. The predicted octanol–water partition coefficient (Wildman–Crippen LogP) is 5.50. The van der Waals surface area contributed by atoms with Gasteiger partial charge in [-0.3, -0.25) is 0 Å². The molecule has 3 nitrogen and oxygen atoms in total. The number of hydrogen-bond donors (Lipinski definition) is 1. The van der Waals surface area contributed by atoms with E-state index >= 15 is 0 Å².